The lowest BCUT2D eigenvalue weighted by molar-refractivity contribution is -0.140. The van der Waals surface area contributed by atoms with Crippen LogP contribution >= 0.6 is 11.3 Å². The van der Waals surface area contributed by atoms with E-state index in [0.717, 1.165) is 36.2 Å². The highest BCUT2D eigenvalue weighted by Gasteiger charge is 2.32. The van der Waals surface area contributed by atoms with Crippen molar-refractivity contribution < 1.29 is 14.4 Å². The van der Waals surface area contributed by atoms with Gasteiger partial charge in [0.25, 0.3) is 5.91 Å². The van der Waals surface area contributed by atoms with Crippen molar-refractivity contribution in [1.29, 1.82) is 0 Å². The summed E-state index contributed by atoms with van der Waals surface area (Å²) >= 11 is 1.54. The van der Waals surface area contributed by atoms with Crippen LogP contribution < -0.4 is 0 Å². The lowest BCUT2D eigenvalue weighted by Gasteiger charge is -2.35. The zero-order chi connectivity index (χ0) is 18.1. The molecular weight excluding hydrogens is 338 g/mol. The number of likely N-dealkylation sites (tertiary alicyclic amines) is 1. The smallest absolute Gasteiger partial charge is 0.263 e. The maximum Gasteiger partial charge on any atom is 0.263 e. The fraction of sp³-hybridized carbons (Fsp3) is 0.611. The quantitative estimate of drug-likeness (QED) is 0.802. The first-order valence-electron chi connectivity index (χ1n) is 8.74. The van der Waals surface area contributed by atoms with Crippen LogP contribution in [-0.4, -0.2) is 66.2 Å². The summed E-state index contributed by atoms with van der Waals surface area (Å²) in [7, 11) is 3.50. The van der Waals surface area contributed by atoms with Crippen LogP contribution in [0.15, 0.2) is 6.07 Å². The molecule has 0 spiro atoms. The predicted molar refractivity (Wildman–Crippen MR) is 96.4 cm³/mol. The number of fused-ring (bicyclic) bond motifs is 1. The van der Waals surface area contributed by atoms with Crippen LogP contribution in [0.2, 0.25) is 0 Å². The van der Waals surface area contributed by atoms with Crippen molar-refractivity contribution in [3.63, 3.8) is 0 Å². The highest BCUT2D eigenvalue weighted by molar-refractivity contribution is 7.14. The topological polar surface area (TPSA) is 60.9 Å². The number of carbonyl (C=O) groups excluding carboxylic acids is 3. The van der Waals surface area contributed by atoms with E-state index in [0.29, 0.717) is 19.6 Å². The summed E-state index contributed by atoms with van der Waals surface area (Å²) in [5, 5.41) is 0. The van der Waals surface area contributed by atoms with Gasteiger partial charge in [-0.1, -0.05) is 0 Å². The lowest BCUT2D eigenvalue weighted by atomic mass is 9.95. The van der Waals surface area contributed by atoms with E-state index in [-0.39, 0.29) is 23.6 Å². The largest absolute Gasteiger partial charge is 0.344 e. The molecule has 0 aliphatic carbocycles. The summed E-state index contributed by atoms with van der Waals surface area (Å²) in [6, 6.07) is 1.94. The van der Waals surface area contributed by atoms with Crippen LogP contribution in [0.3, 0.4) is 0 Å². The van der Waals surface area contributed by atoms with Gasteiger partial charge in [-0.15, -0.1) is 11.3 Å². The molecule has 0 aromatic carbocycles. The SMILES string of the molecule is CC(=O)N1CCCC(C(=O)N2CCc3sc(C(=O)N(C)C)cc3C2)C1. The Bertz CT molecular complexity index is 698. The Hall–Kier alpha value is -1.89. The van der Waals surface area contributed by atoms with Gasteiger partial charge in [-0.3, -0.25) is 14.4 Å². The first kappa shape index (κ1) is 17.9. The van der Waals surface area contributed by atoms with Crippen LogP contribution in [-0.2, 0) is 22.6 Å². The monoisotopic (exact) mass is 363 g/mol. The van der Waals surface area contributed by atoms with Crippen molar-refractivity contribution in [3.8, 4) is 0 Å². The molecule has 1 aromatic rings. The maximum atomic E-state index is 12.9. The van der Waals surface area contributed by atoms with E-state index in [1.54, 1.807) is 42.2 Å². The summed E-state index contributed by atoms with van der Waals surface area (Å²) in [5.41, 5.74) is 1.09. The van der Waals surface area contributed by atoms with Gasteiger partial charge in [0.1, 0.15) is 0 Å². The Morgan fingerprint density at radius 2 is 1.96 bits per heavy atom. The minimum Gasteiger partial charge on any atom is -0.344 e. The van der Waals surface area contributed by atoms with Crippen molar-refractivity contribution in [2.24, 2.45) is 5.92 Å². The van der Waals surface area contributed by atoms with Gasteiger partial charge in [-0.05, 0) is 30.9 Å². The molecule has 1 unspecified atom stereocenters. The molecule has 0 saturated carbocycles. The van der Waals surface area contributed by atoms with Crippen molar-refractivity contribution in [2.75, 3.05) is 33.7 Å². The molecular formula is C18H25N3O3S. The molecule has 6 nitrogen and oxygen atoms in total. The molecule has 3 heterocycles. The van der Waals surface area contributed by atoms with Gasteiger partial charge in [-0.2, -0.15) is 0 Å². The van der Waals surface area contributed by atoms with Crippen LogP contribution in [0.5, 0.6) is 0 Å². The van der Waals surface area contributed by atoms with Crippen molar-refractivity contribution in [2.45, 2.75) is 32.7 Å². The summed E-state index contributed by atoms with van der Waals surface area (Å²) in [4.78, 5) is 43.8. The van der Waals surface area contributed by atoms with Crippen LogP contribution in [0.1, 0.15) is 39.9 Å². The molecule has 3 rings (SSSR count). The van der Waals surface area contributed by atoms with E-state index >= 15 is 0 Å². The van der Waals surface area contributed by atoms with Crippen molar-refractivity contribution >= 4 is 29.1 Å². The molecule has 2 aliphatic rings. The normalized spacial score (nSPS) is 20.2. The fourth-order valence-electron chi connectivity index (χ4n) is 3.57. The van der Waals surface area contributed by atoms with E-state index in [9.17, 15) is 14.4 Å². The van der Waals surface area contributed by atoms with Gasteiger partial charge >= 0.3 is 0 Å². The zero-order valence-electron chi connectivity index (χ0n) is 15.1. The minimum absolute atomic E-state index is 0.0154. The molecule has 25 heavy (non-hydrogen) atoms. The average Bonchev–Trinajstić information content (AvgIpc) is 3.03. The number of amides is 3. The number of rotatable bonds is 2. The molecule has 0 radical (unpaired) electrons. The lowest BCUT2D eigenvalue weighted by Crippen LogP contribution is -2.47. The van der Waals surface area contributed by atoms with E-state index in [1.807, 2.05) is 11.0 Å². The number of hydrogen-bond acceptors (Lipinski definition) is 4. The third kappa shape index (κ3) is 3.71. The van der Waals surface area contributed by atoms with Crippen LogP contribution in [0.4, 0.5) is 0 Å². The highest BCUT2D eigenvalue weighted by atomic mass is 32.1. The molecule has 1 saturated heterocycles. The third-order valence-electron chi connectivity index (χ3n) is 5.01. The molecule has 136 valence electrons. The second-order valence-corrected chi connectivity index (χ2v) is 8.21. The van der Waals surface area contributed by atoms with E-state index < -0.39 is 0 Å². The zero-order valence-corrected chi connectivity index (χ0v) is 15.9. The van der Waals surface area contributed by atoms with E-state index in [4.69, 9.17) is 0 Å². The molecule has 1 atom stereocenters. The highest BCUT2D eigenvalue weighted by Crippen LogP contribution is 2.30. The minimum atomic E-state index is -0.0966. The summed E-state index contributed by atoms with van der Waals surface area (Å²) in [5.74, 6) is 0.105. The fourth-order valence-corrected chi connectivity index (χ4v) is 4.75. The van der Waals surface area contributed by atoms with E-state index in [2.05, 4.69) is 0 Å². The Labute approximate surface area is 152 Å². The molecule has 2 aliphatic heterocycles. The Morgan fingerprint density at radius 3 is 2.64 bits per heavy atom. The van der Waals surface area contributed by atoms with Gasteiger partial charge < -0.3 is 14.7 Å². The maximum absolute atomic E-state index is 12.9. The first-order chi connectivity index (χ1) is 11.9. The van der Waals surface area contributed by atoms with Gasteiger partial charge in [0, 0.05) is 52.1 Å². The second kappa shape index (κ2) is 7.15. The van der Waals surface area contributed by atoms with Crippen LogP contribution in [0, 0.1) is 5.92 Å². The van der Waals surface area contributed by atoms with E-state index in [1.165, 1.54) is 4.88 Å². The first-order valence-corrected chi connectivity index (χ1v) is 9.56. The van der Waals surface area contributed by atoms with Gasteiger partial charge in [-0.25, -0.2) is 0 Å². The van der Waals surface area contributed by atoms with Crippen molar-refractivity contribution in [1.82, 2.24) is 14.7 Å². The molecule has 1 aromatic heterocycles. The standard InChI is InChI=1S/C18H25N3O3S/c1-12(22)20-7-4-5-13(10-20)17(23)21-8-6-15-14(11-21)9-16(25-15)18(24)19(2)3/h9,13H,4-8,10-11H2,1-3H3. The molecule has 7 heteroatoms. The third-order valence-corrected chi connectivity index (χ3v) is 6.24. The number of piperidine rings is 1. The summed E-state index contributed by atoms with van der Waals surface area (Å²) in [6.45, 7) is 4.12. The molecule has 1 fully saturated rings. The summed E-state index contributed by atoms with van der Waals surface area (Å²) in [6.07, 6.45) is 2.53. The van der Waals surface area contributed by atoms with Gasteiger partial charge in [0.15, 0.2) is 0 Å². The molecule has 0 bridgehead atoms. The van der Waals surface area contributed by atoms with Gasteiger partial charge in [0.05, 0.1) is 10.8 Å². The number of thiophene rings is 1. The molecule has 0 N–H and O–H groups in total. The average molecular weight is 363 g/mol. The Kier molecular flexibility index (Phi) is 5.13. The Balaban J connectivity index is 1.69. The van der Waals surface area contributed by atoms with Crippen LogP contribution in [0.25, 0.3) is 0 Å². The molecule has 3 amide bonds. The number of carbonyl (C=O) groups is 3. The Morgan fingerprint density at radius 1 is 1.20 bits per heavy atom. The van der Waals surface area contributed by atoms with Crippen molar-refractivity contribution in [3.05, 3.63) is 21.4 Å². The predicted octanol–water partition coefficient (Wildman–Crippen LogP) is 1.59. The van der Waals surface area contributed by atoms with Gasteiger partial charge in [0.2, 0.25) is 11.8 Å². The number of nitrogens with zero attached hydrogens (tertiary/aromatic N) is 3. The number of hydrogen-bond donors (Lipinski definition) is 0. The summed E-state index contributed by atoms with van der Waals surface area (Å²) < 4.78 is 0. The second-order valence-electron chi connectivity index (χ2n) is 7.07.